The van der Waals surface area contributed by atoms with Gasteiger partial charge < -0.3 is 0 Å². The fourth-order valence-electron chi connectivity index (χ4n) is 2.91. The van der Waals surface area contributed by atoms with Crippen LogP contribution in [0.25, 0.3) is 27.7 Å². The maximum atomic E-state index is 12.1. The van der Waals surface area contributed by atoms with Gasteiger partial charge in [-0.2, -0.15) is 10.4 Å². The molecule has 0 amide bonds. The first-order valence-electron chi connectivity index (χ1n) is 7.18. The second-order valence-electron chi connectivity index (χ2n) is 5.47. The zero-order valence-electron chi connectivity index (χ0n) is 12.4. The van der Waals surface area contributed by atoms with Crippen LogP contribution >= 0.6 is 0 Å². The van der Waals surface area contributed by atoms with Crippen molar-refractivity contribution in [3.8, 4) is 17.2 Å². The van der Waals surface area contributed by atoms with Crippen LogP contribution < -0.4 is 5.69 Å². The average Bonchev–Trinajstić information content (AvgIpc) is 2.95. The lowest BCUT2D eigenvalue weighted by Crippen LogP contribution is -2.10. The van der Waals surface area contributed by atoms with Crippen LogP contribution in [0.4, 0.5) is 0 Å². The molecule has 110 valence electrons. The lowest BCUT2D eigenvalue weighted by Gasteiger charge is -2.08. The normalized spacial score (nSPS) is 11.0. The maximum absolute atomic E-state index is 12.1. The van der Waals surface area contributed by atoms with Crippen LogP contribution in [0.15, 0.2) is 53.3 Å². The van der Waals surface area contributed by atoms with Crippen molar-refractivity contribution in [2.45, 2.75) is 6.92 Å². The molecule has 2 aromatic carbocycles. The van der Waals surface area contributed by atoms with E-state index in [0.29, 0.717) is 11.2 Å². The molecule has 2 heterocycles. The van der Waals surface area contributed by atoms with E-state index in [4.69, 9.17) is 5.26 Å². The molecule has 5 nitrogen and oxygen atoms in total. The second-order valence-corrected chi connectivity index (χ2v) is 5.47. The third-order valence-electron chi connectivity index (χ3n) is 4.03. The molecule has 0 atom stereocenters. The smallest absolute Gasteiger partial charge is 0.246 e. The van der Waals surface area contributed by atoms with Gasteiger partial charge in [-0.1, -0.05) is 24.3 Å². The Morgan fingerprint density at radius 1 is 1.13 bits per heavy atom. The van der Waals surface area contributed by atoms with Gasteiger partial charge in [0, 0.05) is 5.39 Å². The Balaban J connectivity index is 2.07. The summed E-state index contributed by atoms with van der Waals surface area (Å²) in [6, 6.07) is 17.4. The molecule has 4 rings (SSSR count). The van der Waals surface area contributed by atoms with E-state index in [1.165, 1.54) is 0 Å². The van der Waals surface area contributed by atoms with Gasteiger partial charge in [-0.05, 0) is 47.9 Å². The van der Waals surface area contributed by atoms with Gasteiger partial charge in [0.25, 0.3) is 0 Å². The van der Waals surface area contributed by atoms with E-state index < -0.39 is 0 Å². The van der Waals surface area contributed by atoms with Crippen molar-refractivity contribution in [1.82, 2.24) is 14.6 Å². The molecule has 0 radical (unpaired) electrons. The largest absolute Gasteiger partial charge is 0.348 e. The lowest BCUT2D eigenvalue weighted by molar-refractivity contribution is 1.04. The number of pyridine rings is 1. The molecule has 1 N–H and O–H groups in total. The molecular formula is C18H12N4O. The molecular weight excluding hydrogens is 288 g/mol. The topological polar surface area (TPSA) is 73.9 Å². The molecule has 0 unspecified atom stereocenters. The summed E-state index contributed by atoms with van der Waals surface area (Å²) in [4.78, 5) is 12.1. The molecule has 0 aliphatic carbocycles. The monoisotopic (exact) mass is 300 g/mol. The summed E-state index contributed by atoms with van der Waals surface area (Å²) in [5.41, 5.74) is 4.71. The Hall–Kier alpha value is -3.39. The van der Waals surface area contributed by atoms with Gasteiger partial charge in [0.15, 0.2) is 5.65 Å². The molecule has 5 heteroatoms. The number of H-pyrrole nitrogens is 1. The van der Waals surface area contributed by atoms with Crippen LogP contribution in [-0.4, -0.2) is 14.6 Å². The van der Waals surface area contributed by atoms with Gasteiger partial charge in [0.05, 0.1) is 17.1 Å². The summed E-state index contributed by atoms with van der Waals surface area (Å²) in [7, 11) is 0. The minimum Gasteiger partial charge on any atom is -0.246 e. The Labute approximate surface area is 131 Å². The van der Waals surface area contributed by atoms with Crippen molar-refractivity contribution >= 4 is 16.6 Å². The van der Waals surface area contributed by atoms with Gasteiger partial charge in [0.2, 0.25) is 0 Å². The van der Waals surface area contributed by atoms with E-state index in [-0.39, 0.29) is 5.69 Å². The third-order valence-corrected chi connectivity index (χ3v) is 4.03. The summed E-state index contributed by atoms with van der Waals surface area (Å²) in [6.07, 6.45) is 0. The fraction of sp³-hybridized carbons (Fsp3) is 0.0556. The number of aromatic nitrogens is 3. The van der Waals surface area contributed by atoms with E-state index >= 15 is 0 Å². The minimum atomic E-state index is -0.257. The average molecular weight is 300 g/mol. The van der Waals surface area contributed by atoms with E-state index in [9.17, 15) is 4.79 Å². The van der Waals surface area contributed by atoms with Crippen LogP contribution in [0.3, 0.4) is 0 Å². The number of nitrogens with zero attached hydrogens (tertiary/aromatic N) is 3. The number of fused-ring (bicyclic) bond motifs is 3. The lowest BCUT2D eigenvalue weighted by atomic mass is 10.0. The van der Waals surface area contributed by atoms with Gasteiger partial charge >= 0.3 is 5.69 Å². The Morgan fingerprint density at radius 3 is 2.78 bits per heavy atom. The van der Waals surface area contributed by atoms with Crippen molar-refractivity contribution < 1.29 is 0 Å². The predicted molar refractivity (Wildman–Crippen MR) is 88.2 cm³/mol. The first-order chi connectivity index (χ1) is 11.2. The van der Waals surface area contributed by atoms with E-state index in [0.717, 1.165) is 27.6 Å². The first-order valence-corrected chi connectivity index (χ1v) is 7.18. The fourth-order valence-corrected chi connectivity index (χ4v) is 2.91. The van der Waals surface area contributed by atoms with Crippen LogP contribution in [0.5, 0.6) is 0 Å². The van der Waals surface area contributed by atoms with Crippen LogP contribution in [0.2, 0.25) is 0 Å². The van der Waals surface area contributed by atoms with Crippen molar-refractivity contribution in [1.29, 1.82) is 5.26 Å². The number of nitriles is 1. The van der Waals surface area contributed by atoms with E-state index in [1.807, 2.05) is 49.4 Å². The highest BCUT2D eigenvalue weighted by Crippen LogP contribution is 2.27. The summed E-state index contributed by atoms with van der Waals surface area (Å²) in [5.74, 6) is 0. The predicted octanol–water partition coefficient (Wildman–Crippen LogP) is 3.02. The molecule has 0 bridgehead atoms. The van der Waals surface area contributed by atoms with Crippen molar-refractivity contribution in [2.75, 3.05) is 0 Å². The molecule has 2 aromatic heterocycles. The van der Waals surface area contributed by atoms with Gasteiger partial charge in [-0.25, -0.2) is 14.3 Å². The van der Waals surface area contributed by atoms with Crippen molar-refractivity contribution in [2.24, 2.45) is 0 Å². The molecule has 0 saturated carbocycles. The van der Waals surface area contributed by atoms with E-state index in [2.05, 4.69) is 16.3 Å². The number of hydrogen-bond donors (Lipinski definition) is 1. The molecule has 0 aliphatic rings. The Bertz CT molecular complexity index is 1160. The highest BCUT2D eigenvalue weighted by molar-refractivity contribution is 5.89. The number of rotatable bonds is 1. The summed E-state index contributed by atoms with van der Waals surface area (Å²) in [5, 5.41) is 16.6. The van der Waals surface area contributed by atoms with Crippen LogP contribution in [-0.2, 0) is 0 Å². The molecule has 23 heavy (non-hydrogen) atoms. The number of aromatic amines is 1. The van der Waals surface area contributed by atoms with Crippen LogP contribution in [0.1, 0.15) is 11.1 Å². The molecule has 0 spiro atoms. The third kappa shape index (κ3) is 2.00. The van der Waals surface area contributed by atoms with E-state index in [1.54, 1.807) is 10.5 Å². The van der Waals surface area contributed by atoms with Gasteiger partial charge in [0.1, 0.15) is 0 Å². The number of nitrogens with one attached hydrogen (secondary N) is 1. The SMILES string of the molecule is Cc1cc2n[nH]c(=O)n2c2cc(-c3cccc(C#N)c3)ccc12. The first kappa shape index (κ1) is 13.3. The van der Waals surface area contributed by atoms with Crippen molar-refractivity contribution in [3.63, 3.8) is 0 Å². The summed E-state index contributed by atoms with van der Waals surface area (Å²) < 4.78 is 1.57. The zero-order valence-corrected chi connectivity index (χ0v) is 12.4. The molecule has 0 aliphatic heterocycles. The highest BCUT2D eigenvalue weighted by Gasteiger charge is 2.09. The summed E-state index contributed by atoms with van der Waals surface area (Å²) in [6.45, 7) is 2.00. The Kier molecular flexibility index (Phi) is 2.78. The molecule has 0 fully saturated rings. The number of hydrogen-bond acceptors (Lipinski definition) is 3. The van der Waals surface area contributed by atoms with Gasteiger partial charge in [-0.15, -0.1) is 0 Å². The molecule has 4 aromatic rings. The standard InChI is InChI=1S/C18H12N4O/c1-11-7-17-20-21-18(23)22(17)16-9-14(5-6-15(11)16)13-4-2-3-12(8-13)10-19/h2-9H,1H3,(H,21,23). The minimum absolute atomic E-state index is 0.257. The Morgan fingerprint density at radius 2 is 1.96 bits per heavy atom. The number of benzene rings is 2. The quantitative estimate of drug-likeness (QED) is 0.587. The zero-order chi connectivity index (χ0) is 16.0. The number of aryl methyl sites for hydroxylation is 1. The second kappa shape index (κ2) is 4.82. The maximum Gasteiger partial charge on any atom is 0.348 e. The van der Waals surface area contributed by atoms with Crippen molar-refractivity contribution in [3.05, 3.63) is 70.1 Å². The van der Waals surface area contributed by atoms with Crippen LogP contribution in [0, 0.1) is 18.3 Å². The van der Waals surface area contributed by atoms with Gasteiger partial charge in [-0.3, -0.25) is 0 Å². The molecule has 0 saturated heterocycles. The highest BCUT2D eigenvalue weighted by atomic mass is 16.1. The summed E-state index contributed by atoms with van der Waals surface area (Å²) >= 11 is 0.